The number of aromatic nitrogens is 2. The number of benzene rings is 16. The topological polar surface area (TPSA) is 59.1 Å². The number of aliphatic imine (C=N–C) groups is 1. The number of hydrogen-bond acceptors (Lipinski definition) is 3. The molecule has 0 radical (unpaired) electrons. The third-order valence-electron chi connectivity index (χ3n) is 20.8. The normalized spacial score (nSPS) is 11.5. The van der Waals surface area contributed by atoms with E-state index in [1.807, 2.05) is 12.1 Å². The number of nitrogens with zero attached hydrogens (tertiary/aromatic N) is 4. The van der Waals surface area contributed by atoms with Gasteiger partial charge in [-0.05, 0) is 145 Å². The molecule has 16 aromatic carbocycles. The second-order valence-corrected chi connectivity index (χ2v) is 26.7. The zero-order valence-corrected chi connectivity index (χ0v) is 56.8. The van der Waals surface area contributed by atoms with Crippen molar-refractivity contribution in [2.24, 2.45) is 4.99 Å². The van der Waals surface area contributed by atoms with E-state index in [4.69, 9.17) is 9.41 Å². The molecule has 3 aromatic heterocycles. The molecule has 0 aliphatic rings. The molecule has 0 saturated heterocycles. The van der Waals surface area contributed by atoms with E-state index in [1.165, 1.54) is 0 Å². The van der Waals surface area contributed by atoms with Gasteiger partial charge in [-0.25, -0.2) is 0 Å². The lowest BCUT2D eigenvalue weighted by Gasteiger charge is -2.26. The van der Waals surface area contributed by atoms with Crippen LogP contribution in [0.1, 0.15) is 11.1 Å². The van der Waals surface area contributed by atoms with Crippen LogP contribution < -0.4 is 0 Å². The maximum Gasteiger partial charge on any atom is 0.146 e. The summed E-state index contributed by atoms with van der Waals surface area (Å²) in [5.41, 5.74) is 28.6. The molecule has 0 amide bonds. The highest BCUT2D eigenvalue weighted by Crippen LogP contribution is 2.60. The zero-order chi connectivity index (χ0) is 69.2. The van der Waals surface area contributed by atoms with Gasteiger partial charge in [0, 0.05) is 60.3 Å². The minimum Gasteiger partial charge on any atom is -0.455 e. The molecule has 486 valence electrons. The largest absolute Gasteiger partial charge is 0.455 e. The molecule has 19 rings (SSSR count). The third-order valence-corrected chi connectivity index (χ3v) is 20.8. The molecule has 0 atom stereocenters. The highest BCUT2D eigenvalue weighted by Gasteiger charge is 2.37. The number of rotatable bonds is 14. The molecule has 0 unspecified atom stereocenters. The van der Waals surface area contributed by atoms with Gasteiger partial charge in [0.1, 0.15) is 11.2 Å². The lowest BCUT2D eigenvalue weighted by molar-refractivity contribution is 0.671. The maximum absolute atomic E-state index is 12.0. The Kier molecular flexibility index (Phi) is 15.1. The molecule has 19 aromatic rings. The summed E-state index contributed by atoms with van der Waals surface area (Å²) in [5, 5.41) is 18.1. The predicted molar refractivity (Wildman–Crippen MR) is 435 cm³/mol. The first kappa shape index (κ1) is 61.2. The van der Waals surface area contributed by atoms with Crippen molar-refractivity contribution < 1.29 is 4.42 Å². The summed E-state index contributed by atoms with van der Waals surface area (Å²) in [6, 6.07) is 134. The quantitative estimate of drug-likeness (QED) is 0.102. The minimum atomic E-state index is 0.221. The van der Waals surface area contributed by atoms with Crippen LogP contribution in [0.25, 0.3) is 188 Å². The van der Waals surface area contributed by atoms with E-state index < -0.39 is 0 Å². The first-order chi connectivity index (χ1) is 51.6. The molecule has 3 heterocycles. The molecule has 0 aliphatic carbocycles. The van der Waals surface area contributed by atoms with Gasteiger partial charge in [0.2, 0.25) is 0 Å². The molecular weight excluding hydrogens is 1260 g/mol. The number of nitriles is 1. The summed E-state index contributed by atoms with van der Waals surface area (Å²) in [6.07, 6.45) is 0. The second-order valence-electron chi connectivity index (χ2n) is 26.7. The van der Waals surface area contributed by atoms with Crippen LogP contribution in [0.3, 0.4) is 0 Å². The molecule has 0 aliphatic heterocycles. The fraction of sp³-hybridized carbons (Fsp3) is 0.0101. The summed E-state index contributed by atoms with van der Waals surface area (Å²) in [7, 11) is 0. The Morgan fingerprint density at radius 1 is 0.269 bits per heavy atom. The molecule has 0 spiro atoms. The van der Waals surface area contributed by atoms with E-state index in [9.17, 15) is 5.26 Å². The van der Waals surface area contributed by atoms with Gasteiger partial charge in [-0.15, -0.1) is 0 Å². The van der Waals surface area contributed by atoms with E-state index in [2.05, 4.69) is 374 Å². The van der Waals surface area contributed by atoms with E-state index in [1.54, 1.807) is 0 Å². The van der Waals surface area contributed by atoms with E-state index >= 15 is 0 Å². The molecule has 104 heavy (non-hydrogen) atoms. The van der Waals surface area contributed by atoms with Crippen LogP contribution in [0.15, 0.2) is 373 Å². The summed E-state index contributed by atoms with van der Waals surface area (Å²) in [4.78, 5) is 4.70. The fourth-order valence-corrected chi connectivity index (χ4v) is 16.3. The maximum atomic E-state index is 12.0. The van der Waals surface area contributed by atoms with Crippen LogP contribution in [0.2, 0.25) is 0 Å². The van der Waals surface area contributed by atoms with Crippen LogP contribution in [-0.4, -0.2) is 15.9 Å². The summed E-state index contributed by atoms with van der Waals surface area (Å²) >= 11 is 0. The fourth-order valence-electron chi connectivity index (χ4n) is 16.3. The van der Waals surface area contributed by atoms with Gasteiger partial charge in [0.05, 0.1) is 57.0 Å². The lowest BCUT2D eigenvalue weighted by Crippen LogP contribution is -2.09. The van der Waals surface area contributed by atoms with Gasteiger partial charge in [-0.3, -0.25) is 4.99 Å². The summed E-state index contributed by atoms with van der Waals surface area (Å²) < 4.78 is 13.7. The van der Waals surface area contributed by atoms with Gasteiger partial charge < -0.3 is 13.6 Å². The Balaban J connectivity index is 1.15. The lowest BCUT2D eigenvalue weighted by atomic mass is 9.79. The van der Waals surface area contributed by atoms with Gasteiger partial charge in [0.25, 0.3) is 0 Å². The van der Waals surface area contributed by atoms with Crippen molar-refractivity contribution in [2.45, 2.75) is 6.54 Å². The number of fused-ring (bicyclic) bond motifs is 9. The minimum absolute atomic E-state index is 0.221. The first-order valence-corrected chi connectivity index (χ1v) is 35.4. The molecule has 5 heteroatoms. The Morgan fingerprint density at radius 3 is 0.933 bits per heavy atom. The Labute approximate surface area is 602 Å². The number of hydrogen-bond donors (Lipinski definition) is 0. The molecule has 0 bridgehead atoms. The van der Waals surface area contributed by atoms with E-state index in [0.717, 1.165) is 177 Å². The number of furan rings is 1. The van der Waals surface area contributed by atoms with Crippen molar-refractivity contribution in [1.82, 2.24) is 9.13 Å². The van der Waals surface area contributed by atoms with Crippen molar-refractivity contribution in [3.05, 3.63) is 375 Å². The summed E-state index contributed by atoms with van der Waals surface area (Å²) in [6.45, 7) is 4.39. The predicted octanol–water partition coefficient (Wildman–Crippen LogP) is 26.5. The monoisotopic (exact) mass is 1320 g/mol. The highest BCUT2D eigenvalue weighted by atomic mass is 16.3. The standard InChI is InChI=1S/C99H64N4O/c1-101-63-78-49-29-48-77(62-100)87(78)93-91(71-44-25-9-26-45-71)96(102-83-54-50-73(64-30-11-2-12-31-64)58-79(83)80-59-74(51-55-84(80)102)65-32-13-3-14-33-65)97(103-85-56-52-75(66-34-15-4-16-35-66)60-81(85)82-61-76(53-57-86(82)103)67-36-17-5-18-37-67)95-94-90(70-42-23-8-24-43-70)88(68-38-19-6-20-39-68)89(69-40-21-7-22-41-69)92(98(94)104-99(93)95)72-46-27-10-28-47-72/h2-61H,1,63H2. The van der Waals surface area contributed by atoms with Gasteiger partial charge in [-0.1, -0.05) is 309 Å². The molecule has 0 fully saturated rings. The van der Waals surface area contributed by atoms with Crippen LogP contribution in [0.4, 0.5) is 0 Å². The Hall–Kier alpha value is -13.9. The molecule has 0 N–H and O–H groups in total. The van der Waals surface area contributed by atoms with Gasteiger partial charge >= 0.3 is 0 Å². The van der Waals surface area contributed by atoms with Crippen molar-refractivity contribution in [3.8, 4) is 129 Å². The SMILES string of the molecule is C=NCc1cccc(C#N)c1-c1c(-c2ccccc2)c(-n2c3ccc(-c4ccccc4)cc3c3cc(-c4ccccc4)ccc32)c(-n2c3ccc(-c4ccccc4)cc3c3cc(-c4ccccc4)ccc32)c2c1oc1c(-c3ccccc3)c(-c3ccccc3)c(-c3ccccc3)c(-c3ccccc3)c12. The van der Waals surface area contributed by atoms with Crippen LogP contribution in [0.5, 0.6) is 0 Å². The van der Waals surface area contributed by atoms with E-state index in [-0.39, 0.29) is 6.54 Å². The molecule has 5 nitrogen and oxygen atoms in total. The van der Waals surface area contributed by atoms with E-state index in [0.29, 0.717) is 22.3 Å². The molecule has 0 saturated carbocycles. The van der Waals surface area contributed by atoms with Crippen molar-refractivity contribution >= 4 is 72.3 Å². The van der Waals surface area contributed by atoms with Gasteiger partial charge in [0.15, 0.2) is 0 Å². The average molecular weight is 1330 g/mol. The zero-order valence-electron chi connectivity index (χ0n) is 56.8. The van der Waals surface area contributed by atoms with Crippen LogP contribution >= 0.6 is 0 Å². The van der Waals surface area contributed by atoms with Gasteiger partial charge in [-0.2, -0.15) is 5.26 Å². The van der Waals surface area contributed by atoms with Crippen molar-refractivity contribution in [1.29, 1.82) is 5.26 Å². The smallest absolute Gasteiger partial charge is 0.146 e. The Morgan fingerprint density at radius 2 is 0.577 bits per heavy atom. The first-order valence-electron chi connectivity index (χ1n) is 35.4. The van der Waals surface area contributed by atoms with Crippen LogP contribution in [0, 0.1) is 11.3 Å². The van der Waals surface area contributed by atoms with Crippen LogP contribution in [-0.2, 0) is 6.54 Å². The highest BCUT2D eigenvalue weighted by molar-refractivity contribution is 6.31. The second kappa shape index (κ2) is 25.7. The Bertz CT molecular complexity index is 6380. The van der Waals surface area contributed by atoms with Crippen molar-refractivity contribution in [3.63, 3.8) is 0 Å². The molecular formula is C99H64N4O. The average Bonchev–Trinajstić information content (AvgIpc) is 1.49. The third kappa shape index (κ3) is 10.1. The summed E-state index contributed by atoms with van der Waals surface area (Å²) in [5.74, 6) is 0. The van der Waals surface area contributed by atoms with Crippen molar-refractivity contribution in [2.75, 3.05) is 0 Å².